The van der Waals surface area contributed by atoms with Gasteiger partial charge in [-0.2, -0.15) is 4.31 Å². The van der Waals surface area contributed by atoms with Crippen LogP contribution in [0, 0.1) is 5.92 Å². The van der Waals surface area contributed by atoms with E-state index in [9.17, 15) is 32.8 Å². The van der Waals surface area contributed by atoms with Gasteiger partial charge >= 0.3 is 13.1 Å². The van der Waals surface area contributed by atoms with Crippen LogP contribution < -0.4 is 10.2 Å². The molecule has 5 rings (SSSR count). The number of likely N-dealkylation sites (N-methyl/N-ethyl adjacent to an activating group) is 1. The normalized spacial score (nSPS) is 17.6. The van der Waals surface area contributed by atoms with Gasteiger partial charge in [-0.15, -0.1) is 0 Å². The molecule has 15 heteroatoms. The molecule has 0 aromatic heterocycles. The van der Waals surface area contributed by atoms with Gasteiger partial charge < -0.3 is 29.2 Å². The molecule has 2 aliphatic rings. The molecule has 3 aromatic carbocycles. The van der Waals surface area contributed by atoms with Crippen LogP contribution in [0.3, 0.4) is 0 Å². The number of benzene rings is 3. The van der Waals surface area contributed by atoms with E-state index < -0.39 is 52.6 Å². The van der Waals surface area contributed by atoms with E-state index in [2.05, 4.69) is 4.90 Å². The van der Waals surface area contributed by atoms with E-state index >= 15 is 0 Å². The molecule has 2 fully saturated rings. The fourth-order valence-electron chi connectivity index (χ4n) is 7.26. The molecule has 2 saturated heterocycles. The topological polar surface area (TPSA) is 163 Å². The molecular weight excluding hydrogens is 749 g/mol. The van der Waals surface area contributed by atoms with Crippen LogP contribution in [-0.2, 0) is 53.3 Å². The Hall–Kier alpha value is -4.12. The number of nitrogens with zero attached hydrogens (tertiary/aromatic N) is 3. The maximum absolute atomic E-state index is 14.7. The van der Waals surface area contributed by atoms with E-state index in [1.807, 2.05) is 54.6 Å². The van der Waals surface area contributed by atoms with Gasteiger partial charge in [0.1, 0.15) is 24.0 Å². The third kappa shape index (κ3) is 12.9. The van der Waals surface area contributed by atoms with Crippen molar-refractivity contribution in [3.05, 3.63) is 95.6 Å². The first kappa shape index (κ1) is 44.0. The predicted molar refractivity (Wildman–Crippen MR) is 217 cm³/mol. The maximum atomic E-state index is 14.7. The third-order valence-corrected chi connectivity index (χ3v) is 12.3. The summed E-state index contributed by atoms with van der Waals surface area (Å²) in [6.07, 6.45) is 0.528. The molecule has 3 atom stereocenters. The van der Waals surface area contributed by atoms with E-state index in [0.29, 0.717) is 57.2 Å². The average molecular weight is 806 g/mol. The molecule has 0 bridgehead atoms. The third-order valence-electron chi connectivity index (χ3n) is 10.3. The standard InChI is InChI=1S/C42H56BN3O10S/c1-42(2,3)56-41(49)38(28-32-13-8-15-35(25-32)43(50)51)44(4)40(48)34(17-19-45-20-22-54-23-21-45)29-39(47)37(46-18-10-24-57(46,52)53)27-33-14-9-16-36(26-33)55-30-31-11-6-5-7-12-31/h5-9,11-16,25-26,34,37-38,50-51H,10,17-24,27-30H2,1-4H3/t34-,37+,38+/m1/s1. The largest absolute Gasteiger partial charge is 0.489 e. The first-order chi connectivity index (χ1) is 27.1. The summed E-state index contributed by atoms with van der Waals surface area (Å²) >= 11 is 0. The zero-order valence-corrected chi connectivity index (χ0v) is 34.2. The second-order valence-electron chi connectivity index (χ2n) is 15.9. The zero-order chi connectivity index (χ0) is 41.2. The van der Waals surface area contributed by atoms with Gasteiger partial charge in [0.2, 0.25) is 15.9 Å². The van der Waals surface area contributed by atoms with Crippen LogP contribution in [0.4, 0.5) is 0 Å². The highest BCUT2D eigenvalue weighted by molar-refractivity contribution is 7.89. The molecule has 0 radical (unpaired) electrons. The Labute approximate surface area is 337 Å². The van der Waals surface area contributed by atoms with Gasteiger partial charge in [-0.1, -0.05) is 66.7 Å². The van der Waals surface area contributed by atoms with Crippen molar-refractivity contribution < 1.29 is 47.1 Å². The second-order valence-corrected chi connectivity index (χ2v) is 17.9. The van der Waals surface area contributed by atoms with Crippen LogP contribution in [0.5, 0.6) is 5.75 Å². The van der Waals surface area contributed by atoms with Crippen molar-refractivity contribution in [3.8, 4) is 5.75 Å². The predicted octanol–water partition coefficient (Wildman–Crippen LogP) is 2.60. The maximum Gasteiger partial charge on any atom is 0.488 e. The number of carbonyl (C=O) groups is 3. The van der Waals surface area contributed by atoms with Gasteiger partial charge in [-0.3, -0.25) is 14.5 Å². The molecule has 0 aliphatic carbocycles. The molecule has 2 heterocycles. The van der Waals surface area contributed by atoms with Crippen LogP contribution in [0.25, 0.3) is 0 Å². The molecule has 0 spiro atoms. The average Bonchev–Trinajstić information content (AvgIpc) is 3.54. The Morgan fingerprint density at radius 3 is 2.21 bits per heavy atom. The number of ketones is 1. The van der Waals surface area contributed by atoms with E-state index in [1.165, 1.54) is 16.3 Å². The van der Waals surface area contributed by atoms with Crippen molar-refractivity contribution >= 4 is 40.3 Å². The summed E-state index contributed by atoms with van der Waals surface area (Å²) in [6.45, 7) is 8.62. The van der Waals surface area contributed by atoms with Crippen LogP contribution in [0.1, 0.15) is 56.7 Å². The van der Waals surface area contributed by atoms with Crippen molar-refractivity contribution in [3.63, 3.8) is 0 Å². The van der Waals surface area contributed by atoms with Gasteiger partial charge in [0.25, 0.3) is 0 Å². The van der Waals surface area contributed by atoms with E-state index in [-0.39, 0.29) is 49.2 Å². The van der Waals surface area contributed by atoms with E-state index in [4.69, 9.17) is 14.2 Å². The summed E-state index contributed by atoms with van der Waals surface area (Å²) in [5.74, 6) is -1.87. The van der Waals surface area contributed by atoms with Crippen molar-refractivity contribution in [2.24, 2.45) is 5.92 Å². The molecule has 308 valence electrons. The highest BCUT2D eigenvalue weighted by Crippen LogP contribution is 2.27. The number of hydrogen-bond acceptors (Lipinski definition) is 11. The molecule has 0 unspecified atom stereocenters. The number of carbonyl (C=O) groups excluding carboxylic acids is 3. The Morgan fingerprint density at radius 2 is 1.56 bits per heavy atom. The summed E-state index contributed by atoms with van der Waals surface area (Å²) in [6, 6.07) is 21.3. The summed E-state index contributed by atoms with van der Waals surface area (Å²) in [7, 11) is -3.94. The van der Waals surface area contributed by atoms with Gasteiger partial charge in [0.05, 0.1) is 25.0 Å². The number of sulfonamides is 1. The first-order valence-corrected chi connectivity index (χ1v) is 21.2. The fraction of sp³-hybridized carbons (Fsp3) is 0.500. The minimum atomic E-state index is -3.73. The van der Waals surface area contributed by atoms with Crippen LogP contribution >= 0.6 is 0 Å². The summed E-state index contributed by atoms with van der Waals surface area (Å²) < 4.78 is 45.4. The van der Waals surface area contributed by atoms with Crippen LogP contribution in [0.15, 0.2) is 78.9 Å². The lowest BCUT2D eigenvalue weighted by molar-refractivity contribution is -0.165. The number of esters is 1. The highest BCUT2D eigenvalue weighted by atomic mass is 32.2. The highest BCUT2D eigenvalue weighted by Gasteiger charge is 2.41. The minimum Gasteiger partial charge on any atom is -0.489 e. The quantitative estimate of drug-likeness (QED) is 0.144. The second kappa shape index (κ2) is 20.0. The Bertz CT molecular complexity index is 1920. The zero-order valence-electron chi connectivity index (χ0n) is 33.4. The number of Topliss-reactive ketones (excluding diaryl/α,β-unsaturated/α-hetero) is 1. The Balaban J connectivity index is 1.42. The van der Waals surface area contributed by atoms with Gasteiger partial charge in [-0.05, 0) is 80.9 Å². The molecule has 2 N–H and O–H groups in total. The molecule has 3 aromatic rings. The van der Waals surface area contributed by atoms with Crippen LogP contribution in [-0.4, -0.2) is 127 Å². The molecule has 1 amide bonds. The number of rotatable bonds is 18. The number of morpholine rings is 1. The lowest BCUT2D eigenvalue weighted by Crippen LogP contribution is -2.50. The Kier molecular flexibility index (Phi) is 15.5. The van der Waals surface area contributed by atoms with Crippen LogP contribution in [0.2, 0.25) is 0 Å². The van der Waals surface area contributed by atoms with Gasteiger partial charge in [-0.25, -0.2) is 13.2 Å². The molecule has 0 saturated carbocycles. The van der Waals surface area contributed by atoms with Crippen molar-refractivity contribution in [2.75, 3.05) is 52.2 Å². The molecular formula is C42H56BN3O10S. The fourth-order valence-corrected chi connectivity index (χ4v) is 8.98. The number of hydrogen-bond donors (Lipinski definition) is 2. The summed E-state index contributed by atoms with van der Waals surface area (Å²) in [4.78, 5) is 46.6. The minimum absolute atomic E-state index is 0.0131. The van der Waals surface area contributed by atoms with Crippen molar-refractivity contribution in [1.29, 1.82) is 0 Å². The molecule has 13 nitrogen and oxygen atoms in total. The van der Waals surface area contributed by atoms with E-state index in [1.54, 1.807) is 45.0 Å². The summed E-state index contributed by atoms with van der Waals surface area (Å²) in [5.41, 5.74) is 1.64. The molecule has 2 aliphatic heterocycles. The summed E-state index contributed by atoms with van der Waals surface area (Å²) in [5, 5.41) is 19.6. The van der Waals surface area contributed by atoms with Gasteiger partial charge in [0, 0.05) is 45.4 Å². The lowest BCUT2D eigenvalue weighted by atomic mass is 9.79. The van der Waals surface area contributed by atoms with Crippen molar-refractivity contribution in [2.45, 2.75) is 77.2 Å². The first-order valence-electron chi connectivity index (χ1n) is 19.6. The van der Waals surface area contributed by atoms with Gasteiger partial charge in [0.15, 0.2) is 5.78 Å². The Morgan fingerprint density at radius 1 is 0.895 bits per heavy atom. The number of amides is 1. The van der Waals surface area contributed by atoms with Crippen molar-refractivity contribution in [1.82, 2.24) is 14.1 Å². The smallest absolute Gasteiger partial charge is 0.488 e. The number of ether oxygens (including phenoxy) is 3. The lowest BCUT2D eigenvalue weighted by Gasteiger charge is -2.34. The van der Waals surface area contributed by atoms with E-state index in [0.717, 1.165) is 11.1 Å². The molecule has 57 heavy (non-hydrogen) atoms. The SMILES string of the molecule is CN(C(=O)[C@H](CCN1CCOCC1)CC(=O)[C@H](Cc1cccc(OCc2ccccc2)c1)N1CCCS1(=O)=O)[C@@H](Cc1cccc(B(O)O)c1)C(=O)OC(C)(C)C. The monoisotopic (exact) mass is 805 g/mol.